The summed E-state index contributed by atoms with van der Waals surface area (Å²) in [6.45, 7) is 6.69. The lowest BCUT2D eigenvalue weighted by atomic mass is 10.1. The van der Waals surface area contributed by atoms with Crippen LogP contribution in [0.2, 0.25) is 0 Å². The molecule has 0 bridgehead atoms. The molecule has 0 saturated carbocycles. The van der Waals surface area contributed by atoms with E-state index in [0.717, 1.165) is 37.6 Å². The number of nitrogens with one attached hydrogen (secondary N) is 1. The van der Waals surface area contributed by atoms with E-state index in [2.05, 4.69) is 51.3 Å². The number of aryl methyl sites for hydroxylation is 1. The molecule has 24 heavy (non-hydrogen) atoms. The standard InChI is InChI=1S/C19H24N4O/c1-16-5-7-17(8-6-16)14-21-19(24)15-22-10-12-23(13-11-22)18-4-2-3-9-20-18/h2-9H,10-15H2,1H3,(H,21,24). The highest BCUT2D eigenvalue weighted by molar-refractivity contribution is 5.78. The first-order valence-electron chi connectivity index (χ1n) is 8.41. The second-order valence-corrected chi connectivity index (χ2v) is 6.21. The summed E-state index contributed by atoms with van der Waals surface area (Å²) in [6, 6.07) is 14.2. The van der Waals surface area contributed by atoms with Crippen molar-refractivity contribution in [2.24, 2.45) is 0 Å². The van der Waals surface area contributed by atoms with Crippen LogP contribution in [0.5, 0.6) is 0 Å². The van der Waals surface area contributed by atoms with Crippen LogP contribution in [0.1, 0.15) is 11.1 Å². The van der Waals surface area contributed by atoms with E-state index in [1.54, 1.807) is 0 Å². The molecular formula is C19H24N4O. The minimum Gasteiger partial charge on any atom is -0.354 e. The number of carbonyl (C=O) groups excluding carboxylic acids is 1. The Morgan fingerprint density at radius 1 is 1.08 bits per heavy atom. The lowest BCUT2D eigenvalue weighted by Crippen LogP contribution is -2.49. The maximum absolute atomic E-state index is 12.1. The molecule has 2 aromatic rings. The SMILES string of the molecule is Cc1ccc(CNC(=O)CN2CCN(c3ccccn3)CC2)cc1. The van der Waals surface area contributed by atoms with Crippen LogP contribution in [0.25, 0.3) is 0 Å². The quantitative estimate of drug-likeness (QED) is 0.911. The van der Waals surface area contributed by atoms with Crippen LogP contribution in [0, 0.1) is 6.92 Å². The fourth-order valence-corrected chi connectivity index (χ4v) is 2.84. The van der Waals surface area contributed by atoms with Crippen molar-refractivity contribution in [3.8, 4) is 0 Å². The molecule has 1 fully saturated rings. The van der Waals surface area contributed by atoms with Crippen molar-refractivity contribution in [2.75, 3.05) is 37.6 Å². The zero-order valence-electron chi connectivity index (χ0n) is 14.1. The van der Waals surface area contributed by atoms with Gasteiger partial charge in [0.2, 0.25) is 5.91 Å². The molecule has 0 radical (unpaired) electrons. The van der Waals surface area contributed by atoms with Crippen molar-refractivity contribution in [3.63, 3.8) is 0 Å². The highest BCUT2D eigenvalue weighted by Crippen LogP contribution is 2.12. The number of aromatic nitrogens is 1. The maximum Gasteiger partial charge on any atom is 0.234 e. The molecule has 1 aliphatic heterocycles. The Balaban J connectivity index is 1.41. The van der Waals surface area contributed by atoms with E-state index in [-0.39, 0.29) is 5.91 Å². The number of carbonyl (C=O) groups is 1. The largest absolute Gasteiger partial charge is 0.354 e. The Morgan fingerprint density at radius 2 is 1.83 bits per heavy atom. The lowest BCUT2D eigenvalue weighted by Gasteiger charge is -2.34. The van der Waals surface area contributed by atoms with Crippen LogP contribution in [0.4, 0.5) is 5.82 Å². The van der Waals surface area contributed by atoms with E-state index in [4.69, 9.17) is 0 Å². The van der Waals surface area contributed by atoms with Crippen LogP contribution >= 0.6 is 0 Å². The number of hydrogen-bond donors (Lipinski definition) is 1. The fourth-order valence-electron chi connectivity index (χ4n) is 2.84. The van der Waals surface area contributed by atoms with Crippen molar-refractivity contribution in [2.45, 2.75) is 13.5 Å². The molecule has 1 saturated heterocycles. The van der Waals surface area contributed by atoms with Crippen molar-refractivity contribution in [3.05, 3.63) is 59.8 Å². The third-order valence-corrected chi connectivity index (χ3v) is 4.32. The van der Waals surface area contributed by atoms with E-state index < -0.39 is 0 Å². The third kappa shape index (κ3) is 4.55. The van der Waals surface area contributed by atoms with Gasteiger partial charge in [0, 0.05) is 38.9 Å². The first kappa shape index (κ1) is 16.5. The highest BCUT2D eigenvalue weighted by Gasteiger charge is 2.19. The molecule has 5 heteroatoms. The predicted octanol–water partition coefficient (Wildman–Crippen LogP) is 1.83. The zero-order valence-corrected chi connectivity index (χ0v) is 14.1. The van der Waals surface area contributed by atoms with Gasteiger partial charge in [-0.2, -0.15) is 0 Å². The predicted molar refractivity (Wildman–Crippen MR) is 95.9 cm³/mol. The second-order valence-electron chi connectivity index (χ2n) is 6.21. The van der Waals surface area contributed by atoms with Crippen LogP contribution in [0.3, 0.4) is 0 Å². The van der Waals surface area contributed by atoms with Crippen LogP contribution < -0.4 is 10.2 Å². The molecule has 0 aliphatic carbocycles. The lowest BCUT2D eigenvalue weighted by molar-refractivity contribution is -0.122. The fraction of sp³-hybridized carbons (Fsp3) is 0.368. The van der Waals surface area contributed by atoms with Gasteiger partial charge in [-0.15, -0.1) is 0 Å². The number of hydrogen-bond acceptors (Lipinski definition) is 4. The second kappa shape index (κ2) is 7.93. The van der Waals surface area contributed by atoms with E-state index >= 15 is 0 Å². The molecule has 5 nitrogen and oxygen atoms in total. The number of pyridine rings is 1. The number of amides is 1. The number of rotatable bonds is 5. The van der Waals surface area contributed by atoms with E-state index in [1.807, 2.05) is 24.4 Å². The molecule has 1 aromatic heterocycles. The van der Waals surface area contributed by atoms with Gasteiger partial charge in [0.25, 0.3) is 0 Å². The van der Waals surface area contributed by atoms with Gasteiger partial charge in [0.1, 0.15) is 5.82 Å². The summed E-state index contributed by atoms with van der Waals surface area (Å²) in [7, 11) is 0. The Kier molecular flexibility index (Phi) is 5.43. The van der Waals surface area contributed by atoms with Gasteiger partial charge in [-0.1, -0.05) is 35.9 Å². The van der Waals surface area contributed by atoms with Crippen LogP contribution in [0.15, 0.2) is 48.7 Å². The Bertz CT molecular complexity index is 649. The Morgan fingerprint density at radius 3 is 2.50 bits per heavy atom. The van der Waals surface area contributed by atoms with Gasteiger partial charge in [0.15, 0.2) is 0 Å². The van der Waals surface area contributed by atoms with Gasteiger partial charge < -0.3 is 10.2 Å². The summed E-state index contributed by atoms with van der Waals surface area (Å²) in [5.41, 5.74) is 2.37. The summed E-state index contributed by atoms with van der Waals surface area (Å²) >= 11 is 0. The Labute approximate surface area is 143 Å². The van der Waals surface area contributed by atoms with Gasteiger partial charge in [-0.25, -0.2) is 4.98 Å². The molecule has 126 valence electrons. The minimum atomic E-state index is 0.0851. The summed E-state index contributed by atoms with van der Waals surface area (Å²) in [4.78, 5) is 21.0. The first-order valence-corrected chi connectivity index (χ1v) is 8.41. The summed E-state index contributed by atoms with van der Waals surface area (Å²) in [5.74, 6) is 1.10. The minimum absolute atomic E-state index is 0.0851. The van der Waals surface area contributed by atoms with Crippen molar-refractivity contribution in [1.29, 1.82) is 0 Å². The summed E-state index contributed by atoms with van der Waals surface area (Å²) in [5, 5.41) is 3.00. The van der Waals surface area contributed by atoms with E-state index in [1.165, 1.54) is 5.56 Å². The normalized spacial score (nSPS) is 15.3. The molecule has 1 aromatic carbocycles. The van der Waals surface area contributed by atoms with Gasteiger partial charge >= 0.3 is 0 Å². The molecule has 0 unspecified atom stereocenters. The highest BCUT2D eigenvalue weighted by atomic mass is 16.2. The van der Waals surface area contributed by atoms with Crippen LogP contribution in [-0.4, -0.2) is 48.5 Å². The average molecular weight is 324 g/mol. The number of piperazine rings is 1. The molecule has 0 atom stereocenters. The van der Waals surface area contributed by atoms with Gasteiger partial charge in [0.05, 0.1) is 6.54 Å². The summed E-state index contributed by atoms with van der Waals surface area (Å²) < 4.78 is 0. The van der Waals surface area contributed by atoms with Gasteiger partial charge in [-0.05, 0) is 24.6 Å². The van der Waals surface area contributed by atoms with Gasteiger partial charge in [-0.3, -0.25) is 9.69 Å². The number of benzene rings is 1. The average Bonchev–Trinajstić information content (AvgIpc) is 2.63. The molecule has 2 heterocycles. The maximum atomic E-state index is 12.1. The zero-order chi connectivity index (χ0) is 16.8. The van der Waals surface area contributed by atoms with E-state index in [0.29, 0.717) is 13.1 Å². The van der Waals surface area contributed by atoms with Crippen molar-refractivity contribution in [1.82, 2.24) is 15.2 Å². The molecule has 0 spiro atoms. The van der Waals surface area contributed by atoms with Crippen molar-refractivity contribution < 1.29 is 4.79 Å². The topological polar surface area (TPSA) is 48.5 Å². The first-order chi connectivity index (χ1) is 11.7. The monoisotopic (exact) mass is 324 g/mol. The molecular weight excluding hydrogens is 300 g/mol. The third-order valence-electron chi connectivity index (χ3n) is 4.32. The number of nitrogens with zero attached hydrogens (tertiary/aromatic N) is 3. The molecule has 1 N–H and O–H groups in total. The van der Waals surface area contributed by atoms with Crippen molar-refractivity contribution >= 4 is 11.7 Å². The molecule has 1 aliphatic rings. The summed E-state index contributed by atoms with van der Waals surface area (Å²) in [6.07, 6.45) is 1.82. The Hall–Kier alpha value is -2.40. The molecule has 1 amide bonds. The number of anilines is 1. The van der Waals surface area contributed by atoms with E-state index in [9.17, 15) is 4.79 Å². The smallest absolute Gasteiger partial charge is 0.234 e. The van der Waals surface area contributed by atoms with Crippen LogP contribution in [-0.2, 0) is 11.3 Å². The molecule has 3 rings (SSSR count).